The zero-order valence-corrected chi connectivity index (χ0v) is 19.5. The Morgan fingerprint density at radius 1 is 1.11 bits per heavy atom. The van der Waals surface area contributed by atoms with Gasteiger partial charge >= 0.3 is 0 Å². The summed E-state index contributed by atoms with van der Waals surface area (Å²) in [6, 6.07) is 2.14. The molecule has 3 aromatic heterocycles. The lowest BCUT2D eigenvalue weighted by molar-refractivity contribution is 0.379. The highest BCUT2D eigenvalue weighted by atomic mass is 19.1. The summed E-state index contributed by atoms with van der Waals surface area (Å²) in [5.41, 5.74) is 2.34. The molecule has 0 aliphatic heterocycles. The smallest absolute Gasteiger partial charge is 0.183 e. The van der Waals surface area contributed by atoms with Crippen molar-refractivity contribution in [3.8, 4) is 11.4 Å². The van der Waals surface area contributed by atoms with Crippen molar-refractivity contribution in [1.82, 2.24) is 29.8 Å². The molecule has 0 unspecified atom stereocenters. The van der Waals surface area contributed by atoms with Crippen LogP contribution in [0, 0.1) is 24.4 Å². The van der Waals surface area contributed by atoms with Gasteiger partial charge in [-0.05, 0) is 38.7 Å². The van der Waals surface area contributed by atoms with Crippen LogP contribution in [0.1, 0.15) is 37.2 Å². The summed E-state index contributed by atoms with van der Waals surface area (Å²) >= 11 is 0. The summed E-state index contributed by atoms with van der Waals surface area (Å²) in [5.74, 6) is -0.988. The topological polar surface area (TPSA) is 83.4 Å². The molecule has 2 atom stereocenters. The number of hydrogen-bond donors (Lipinski definition) is 3. The number of imidazole rings is 1. The fourth-order valence-corrected chi connectivity index (χ4v) is 4.67. The third-order valence-corrected chi connectivity index (χ3v) is 6.57. The molecule has 10 heteroatoms. The number of halogens is 3. The molecule has 0 amide bonds. The van der Waals surface area contributed by atoms with E-state index in [0.717, 1.165) is 55.2 Å². The molecule has 5 rings (SSSR count). The standard InChI is InChI=1S/C25H26F3N7/c1-13-10-31-25(35(13)3)14(2)32-16-5-4-6-17(9-16)33-24-21(28)12-30-23(34-24)19-11-29-22-18(19)7-15(26)8-20(22)27/h7-8,10-12,16-17,29,32H,2,4-6,9H2,1,3H3,(H,30,33,34)/t16-,17+/m1/s1. The summed E-state index contributed by atoms with van der Waals surface area (Å²) in [5, 5.41) is 6.97. The first-order chi connectivity index (χ1) is 16.8. The van der Waals surface area contributed by atoms with Crippen LogP contribution in [0.3, 0.4) is 0 Å². The Balaban J connectivity index is 1.33. The third-order valence-electron chi connectivity index (χ3n) is 6.57. The van der Waals surface area contributed by atoms with E-state index in [9.17, 15) is 13.2 Å². The maximum Gasteiger partial charge on any atom is 0.183 e. The van der Waals surface area contributed by atoms with Crippen molar-refractivity contribution in [2.24, 2.45) is 7.05 Å². The van der Waals surface area contributed by atoms with Gasteiger partial charge in [-0.15, -0.1) is 0 Å². The Labute approximate surface area is 200 Å². The number of fused-ring (bicyclic) bond motifs is 1. The van der Waals surface area contributed by atoms with Gasteiger partial charge < -0.3 is 20.2 Å². The number of hydrogen-bond acceptors (Lipinski definition) is 5. The van der Waals surface area contributed by atoms with Gasteiger partial charge in [-0.2, -0.15) is 0 Å². The summed E-state index contributed by atoms with van der Waals surface area (Å²) in [7, 11) is 1.95. The molecule has 1 saturated carbocycles. The Kier molecular flexibility index (Phi) is 5.96. The quantitative estimate of drug-likeness (QED) is 0.358. The van der Waals surface area contributed by atoms with Crippen molar-refractivity contribution in [3.05, 3.63) is 66.3 Å². The number of nitrogens with zero attached hydrogens (tertiary/aromatic N) is 4. The van der Waals surface area contributed by atoms with Gasteiger partial charge in [-0.1, -0.05) is 6.58 Å². The number of nitrogens with one attached hydrogen (secondary N) is 3. The molecule has 35 heavy (non-hydrogen) atoms. The predicted molar refractivity (Wildman–Crippen MR) is 129 cm³/mol. The Bertz CT molecular complexity index is 1410. The van der Waals surface area contributed by atoms with Gasteiger partial charge in [-0.3, -0.25) is 0 Å². The van der Waals surface area contributed by atoms with Crippen molar-refractivity contribution in [2.75, 3.05) is 5.32 Å². The second kappa shape index (κ2) is 9.09. The average Bonchev–Trinajstić information content (AvgIpc) is 3.39. The fraction of sp³-hybridized carbons (Fsp3) is 0.320. The summed E-state index contributed by atoms with van der Waals surface area (Å²) in [6.07, 6.45) is 7.88. The van der Waals surface area contributed by atoms with Gasteiger partial charge in [0.2, 0.25) is 0 Å². The molecular formula is C25H26F3N7. The predicted octanol–water partition coefficient (Wildman–Crippen LogP) is 5.07. The van der Waals surface area contributed by atoms with Crippen molar-refractivity contribution in [1.29, 1.82) is 0 Å². The van der Waals surface area contributed by atoms with Gasteiger partial charge in [0.25, 0.3) is 0 Å². The fourth-order valence-electron chi connectivity index (χ4n) is 4.67. The second-order valence-electron chi connectivity index (χ2n) is 9.01. The molecule has 4 aromatic rings. The number of aromatic amines is 1. The largest absolute Gasteiger partial charge is 0.380 e. The van der Waals surface area contributed by atoms with E-state index in [1.807, 2.05) is 18.5 Å². The van der Waals surface area contributed by atoms with Crippen LogP contribution >= 0.6 is 0 Å². The Morgan fingerprint density at radius 2 is 1.91 bits per heavy atom. The number of H-pyrrole nitrogens is 1. The lowest BCUT2D eigenvalue weighted by Crippen LogP contribution is -2.38. The zero-order chi connectivity index (χ0) is 24.7. The van der Waals surface area contributed by atoms with Gasteiger partial charge in [0.05, 0.1) is 17.4 Å². The molecule has 7 nitrogen and oxygen atoms in total. The van der Waals surface area contributed by atoms with Crippen LogP contribution in [0.25, 0.3) is 28.0 Å². The monoisotopic (exact) mass is 481 g/mol. The normalized spacial score (nSPS) is 18.1. The van der Waals surface area contributed by atoms with Crippen LogP contribution < -0.4 is 10.6 Å². The molecule has 1 aromatic carbocycles. The molecule has 0 spiro atoms. The lowest BCUT2D eigenvalue weighted by Gasteiger charge is -2.31. The molecule has 0 radical (unpaired) electrons. The van der Waals surface area contributed by atoms with E-state index in [1.165, 1.54) is 12.3 Å². The minimum absolute atomic E-state index is 0.0211. The zero-order valence-electron chi connectivity index (χ0n) is 19.5. The molecule has 3 N–H and O–H groups in total. The van der Waals surface area contributed by atoms with Crippen molar-refractivity contribution < 1.29 is 13.2 Å². The first-order valence-corrected chi connectivity index (χ1v) is 11.5. The van der Waals surface area contributed by atoms with Crippen molar-refractivity contribution in [3.63, 3.8) is 0 Å². The molecular weight excluding hydrogens is 455 g/mol. The number of rotatable bonds is 6. The Hall–Kier alpha value is -3.82. The van der Waals surface area contributed by atoms with Crippen LogP contribution in [0.2, 0.25) is 0 Å². The van der Waals surface area contributed by atoms with Gasteiger partial charge in [0.1, 0.15) is 11.6 Å². The van der Waals surface area contributed by atoms with Crippen LogP contribution in [-0.4, -0.2) is 36.6 Å². The third kappa shape index (κ3) is 4.48. The van der Waals surface area contributed by atoms with E-state index in [1.54, 1.807) is 6.20 Å². The number of anilines is 1. The first-order valence-electron chi connectivity index (χ1n) is 11.5. The van der Waals surface area contributed by atoms with Crippen molar-refractivity contribution in [2.45, 2.75) is 44.7 Å². The molecule has 182 valence electrons. The highest BCUT2D eigenvalue weighted by Crippen LogP contribution is 2.30. The number of aromatic nitrogens is 5. The van der Waals surface area contributed by atoms with E-state index in [2.05, 4.69) is 37.1 Å². The maximum absolute atomic E-state index is 14.6. The molecule has 0 bridgehead atoms. The van der Waals surface area contributed by atoms with E-state index in [4.69, 9.17) is 0 Å². The first kappa shape index (κ1) is 22.9. The van der Waals surface area contributed by atoms with E-state index >= 15 is 0 Å². The van der Waals surface area contributed by atoms with Crippen LogP contribution in [0.15, 0.2) is 37.3 Å². The average molecular weight is 482 g/mol. The Morgan fingerprint density at radius 3 is 2.69 bits per heavy atom. The van der Waals surface area contributed by atoms with Gasteiger partial charge in [-0.25, -0.2) is 28.1 Å². The minimum atomic E-state index is -0.713. The van der Waals surface area contributed by atoms with Crippen LogP contribution in [-0.2, 0) is 7.05 Å². The maximum atomic E-state index is 14.6. The molecule has 1 aliphatic carbocycles. The van der Waals surface area contributed by atoms with E-state index < -0.39 is 17.5 Å². The molecule has 0 saturated heterocycles. The highest BCUT2D eigenvalue weighted by molar-refractivity contribution is 5.94. The van der Waals surface area contributed by atoms with Gasteiger partial charge in [0, 0.05) is 54.2 Å². The summed E-state index contributed by atoms with van der Waals surface area (Å²) < 4.78 is 44.5. The molecule has 1 aliphatic rings. The van der Waals surface area contributed by atoms with E-state index in [0.29, 0.717) is 10.9 Å². The van der Waals surface area contributed by atoms with Crippen molar-refractivity contribution >= 4 is 22.4 Å². The minimum Gasteiger partial charge on any atom is -0.380 e. The number of aryl methyl sites for hydroxylation is 1. The lowest BCUT2D eigenvalue weighted by atomic mass is 9.90. The number of benzene rings is 1. The molecule has 1 fully saturated rings. The SMILES string of the molecule is C=C(N[C@@H]1CCC[C@H](Nc2nc(-c3c[nH]c4c(F)cc(F)cc34)ncc2F)C1)c1ncc(C)n1C. The van der Waals surface area contributed by atoms with Crippen LogP contribution in [0.4, 0.5) is 19.0 Å². The second-order valence-corrected chi connectivity index (χ2v) is 9.01. The summed E-state index contributed by atoms with van der Waals surface area (Å²) in [6.45, 7) is 6.13. The highest BCUT2D eigenvalue weighted by Gasteiger charge is 2.25. The summed E-state index contributed by atoms with van der Waals surface area (Å²) in [4.78, 5) is 15.6. The van der Waals surface area contributed by atoms with E-state index in [-0.39, 0.29) is 29.2 Å². The van der Waals surface area contributed by atoms with Gasteiger partial charge in [0.15, 0.2) is 23.3 Å². The van der Waals surface area contributed by atoms with Crippen LogP contribution in [0.5, 0.6) is 0 Å². The molecule has 3 heterocycles.